The van der Waals surface area contributed by atoms with Crippen LogP contribution in [-0.2, 0) is 11.3 Å². The lowest BCUT2D eigenvalue weighted by molar-refractivity contribution is -0.00753. The van der Waals surface area contributed by atoms with Crippen LogP contribution in [0.4, 0.5) is 5.82 Å². The maximum atomic E-state index is 6.03. The van der Waals surface area contributed by atoms with Crippen LogP contribution in [0, 0.1) is 11.8 Å². The highest BCUT2D eigenvalue weighted by atomic mass is 16.5. The number of rotatable bonds is 5. The Morgan fingerprint density at radius 2 is 2.11 bits per heavy atom. The number of nitrogens with zero attached hydrogens (tertiary/aromatic N) is 1. The summed E-state index contributed by atoms with van der Waals surface area (Å²) in [5.41, 5.74) is 1.16. The Morgan fingerprint density at radius 3 is 2.74 bits per heavy atom. The maximum Gasteiger partial charge on any atom is 0.125 e. The Bertz CT molecular complexity index is 377. The molecule has 0 saturated heterocycles. The van der Waals surface area contributed by atoms with Crippen molar-refractivity contribution >= 4 is 5.82 Å². The SMILES string of the molecule is CCNc1ccc(COC2CCC(C)C(C)C2)cn1. The summed E-state index contributed by atoms with van der Waals surface area (Å²) in [6.45, 7) is 8.35. The number of aromatic nitrogens is 1. The van der Waals surface area contributed by atoms with Crippen LogP contribution >= 0.6 is 0 Å². The van der Waals surface area contributed by atoms with Crippen LogP contribution < -0.4 is 5.32 Å². The summed E-state index contributed by atoms with van der Waals surface area (Å²) >= 11 is 0. The quantitative estimate of drug-likeness (QED) is 0.875. The van der Waals surface area contributed by atoms with E-state index in [2.05, 4.69) is 37.1 Å². The molecule has 0 bridgehead atoms. The van der Waals surface area contributed by atoms with Gasteiger partial charge < -0.3 is 10.1 Å². The van der Waals surface area contributed by atoms with Crippen molar-refractivity contribution < 1.29 is 4.74 Å². The van der Waals surface area contributed by atoms with Gasteiger partial charge in [0, 0.05) is 12.7 Å². The zero-order valence-corrected chi connectivity index (χ0v) is 12.4. The van der Waals surface area contributed by atoms with E-state index in [9.17, 15) is 0 Å². The van der Waals surface area contributed by atoms with Gasteiger partial charge in [0.05, 0.1) is 12.7 Å². The van der Waals surface area contributed by atoms with Gasteiger partial charge in [-0.2, -0.15) is 0 Å². The number of hydrogen-bond donors (Lipinski definition) is 1. The average Bonchev–Trinajstić information content (AvgIpc) is 2.42. The molecule has 1 aromatic rings. The van der Waals surface area contributed by atoms with Crippen LogP contribution in [0.2, 0.25) is 0 Å². The predicted molar refractivity (Wildman–Crippen MR) is 79.2 cm³/mol. The molecule has 1 fully saturated rings. The minimum Gasteiger partial charge on any atom is -0.373 e. The lowest BCUT2D eigenvalue weighted by atomic mass is 9.80. The van der Waals surface area contributed by atoms with E-state index in [4.69, 9.17) is 4.74 Å². The number of nitrogens with one attached hydrogen (secondary N) is 1. The topological polar surface area (TPSA) is 34.1 Å². The van der Waals surface area contributed by atoms with Crippen LogP contribution in [0.3, 0.4) is 0 Å². The molecular weight excluding hydrogens is 236 g/mol. The summed E-state index contributed by atoms with van der Waals surface area (Å²) in [6, 6.07) is 4.12. The van der Waals surface area contributed by atoms with Gasteiger partial charge >= 0.3 is 0 Å². The summed E-state index contributed by atoms with van der Waals surface area (Å²) in [4.78, 5) is 4.37. The van der Waals surface area contributed by atoms with Crippen molar-refractivity contribution in [1.82, 2.24) is 4.98 Å². The molecule has 3 nitrogen and oxygen atoms in total. The molecule has 19 heavy (non-hydrogen) atoms. The second-order valence-electron chi connectivity index (χ2n) is 5.78. The molecule has 3 unspecified atom stereocenters. The number of hydrogen-bond acceptors (Lipinski definition) is 3. The van der Waals surface area contributed by atoms with E-state index in [0.29, 0.717) is 12.7 Å². The molecule has 2 rings (SSSR count). The molecule has 0 radical (unpaired) electrons. The average molecular weight is 262 g/mol. The van der Waals surface area contributed by atoms with Crippen molar-refractivity contribution in [2.24, 2.45) is 11.8 Å². The van der Waals surface area contributed by atoms with Crippen LogP contribution in [0.25, 0.3) is 0 Å². The minimum atomic E-state index is 0.430. The van der Waals surface area contributed by atoms with Gasteiger partial charge in [-0.3, -0.25) is 0 Å². The smallest absolute Gasteiger partial charge is 0.125 e. The lowest BCUT2D eigenvalue weighted by Gasteiger charge is -2.31. The Kier molecular flexibility index (Phi) is 5.20. The van der Waals surface area contributed by atoms with Crippen molar-refractivity contribution in [3.05, 3.63) is 23.9 Å². The highest BCUT2D eigenvalue weighted by molar-refractivity contribution is 5.34. The Morgan fingerprint density at radius 1 is 1.26 bits per heavy atom. The first-order valence-electron chi connectivity index (χ1n) is 7.49. The van der Waals surface area contributed by atoms with Crippen LogP contribution in [-0.4, -0.2) is 17.6 Å². The molecule has 1 heterocycles. The first-order valence-corrected chi connectivity index (χ1v) is 7.49. The van der Waals surface area contributed by atoms with Gasteiger partial charge in [0.25, 0.3) is 0 Å². The van der Waals surface area contributed by atoms with E-state index in [0.717, 1.165) is 29.8 Å². The van der Waals surface area contributed by atoms with Gasteiger partial charge in [0.2, 0.25) is 0 Å². The zero-order chi connectivity index (χ0) is 13.7. The third-order valence-corrected chi connectivity index (χ3v) is 4.22. The van der Waals surface area contributed by atoms with Gasteiger partial charge in [-0.05, 0) is 49.7 Å². The molecule has 1 N–H and O–H groups in total. The fraction of sp³-hybridized carbons (Fsp3) is 0.688. The van der Waals surface area contributed by atoms with E-state index in [1.165, 1.54) is 19.3 Å². The van der Waals surface area contributed by atoms with Crippen molar-refractivity contribution in [2.75, 3.05) is 11.9 Å². The molecule has 0 amide bonds. The van der Waals surface area contributed by atoms with Gasteiger partial charge in [0.1, 0.15) is 5.82 Å². The Labute approximate surface area is 116 Å². The van der Waals surface area contributed by atoms with Gasteiger partial charge in [-0.25, -0.2) is 4.98 Å². The molecule has 106 valence electrons. The molecule has 1 aliphatic rings. The first kappa shape index (κ1) is 14.3. The van der Waals surface area contributed by atoms with Gasteiger partial charge in [-0.15, -0.1) is 0 Å². The summed E-state index contributed by atoms with van der Waals surface area (Å²) in [5, 5.41) is 3.20. The molecule has 0 spiro atoms. The van der Waals surface area contributed by atoms with Gasteiger partial charge in [0.15, 0.2) is 0 Å². The van der Waals surface area contributed by atoms with E-state index in [-0.39, 0.29) is 0 Å². The van der Waals surface area contributed by atoms with E-state index in [1.54, 1.807) is 0 Å². The highest BCUT2D eigenvalue weighted by Crippen LogP contribution is 2.31. The Hall–Kier alpha value is -1.09. The Balaban J connectivity index is 1.79. The van der Waals surface area contributed by atoms with Crippen LogP contribution in [0.5, 0.6) is 0 Å². The van der Waals surface area contributed by atoms with E-state index >= 15 is 0 Å². The normalized spacial score (nSPS) is 27.2. The van der Waals surface area contributed by atoms with Crippen molar-refractivity contribution in [1.29, 1.82) is 0 Å². The molecule has 0 aromatic carbocycles. The third-order valence-electron chi connectivity index (χ3n) is 4.22. The number of ether oxygens (including phenoxy) is 1. The van der Waals surface area contributed by atoms with Crippen molar-refractivity contribution in [3.63, 3.8) is 0 Å². The summed E-state index contributed by atoms with van der Waals surface area (Å²) in [6.07, 6.45) is 6.04. The maximum absolute atomic E-state index is 6.03. The lowest BCUT2D eigenvalue weighted by Crippen LogP contribution is -2.26. The molecule has 1 saturated carbocycles. The predicted octanol–water partition coefficient (Wildman–Crippen LogP) is 3.85. The fourth-order valence-corrected chi connectivity index (χ4v) is 2.66. The minimum absolute atomic E-state index is 0.430. The number of pyridine rings is 1. The zero-order valence-electron chi connectivity index (χ0n) is 12.4. The molecular formula is C16H26N2O. The van der Waals surface area contributed by atoms with E-state index < -0.39 is 0 Å². The van der Waals surface area contributed by atoms with Gasteiger partial charge in [-0.1, -0.05) is 19.9 Å². The largest absolute Gasteiger partial charge is 0.373 e. The number of anilines is 1. The molecule has 1 aromatic heterocycles. The monoisotopic (exact) mass is 262 g/mol. The third kappa shape index (κ3) is 4.20. The van der Waals surface area contributed by atoms with Crippen molar-refractivity contribution in [2.45, 2.75) is 52.7 Å². The second-order valence-corrected chi connectivity index (χ2v) is 5.78. The summed E-state index contributed by atoms with van der Waals surface area (Å²) in [7, 11) is 0. The molecule has 0 aliphatic heterocycles. The molecule has 1 aliphatic carbocycles. The molecule has 3 atom stereocenters. The van der Waals surface area contributed by atoms with Crippen LogP contribution in [0.1, 0.15) is 45.6 Å². The fourth-order valence-electron chi connectivity index (χ4n) is 2.66. The van der Waals surface area contributed by atoms with Crippen molar-refractivity contribution in [3.8, 4) is 0 Å². The first-order chi connectivity index (χ1) is 9.19. The molecule has 3 heteroatoms. The highest BCUT2D eigenvalue weighted by Gasteiger charge is 2.24. The second kappa shape index (κ2) is 6.90. The standard InChI is InChI=1S/C16H26N2O/c1-4-17-16-8-6-14(10-18-16)11-19-15-7-5-12(2)13(3)9-15/h6,8,10,12-13,15H,4-5,7,9,11H2,1-3H3,(H,17,18). The van der Waals surface area contributed by atoms with E-state index in [1.807, 2.05) is 12.3 Å². The summed E-state index contributed by atoms with van der Waals surface area (Å²) < 4.78 is 6.03. The van der Waals surface area contributed by atoms with Crippen LogP contribution in [0.15, 0.2) is 18.3 Å². The summed E-state index contributed by atoms with van der Waals surface area (Å²) in [5.74, 6) is 2.57.